The van der Waals surface area contributed by atoms with Crippen LogP contribution in [0.5, 0.6) is 0 Å². The number of carbonyl (C=O) groups is 1. The summed E-state index contributed by atoms with van der Waals surface area (Å²) >= 11 is 0. The molecule has 0 aliphatic carbocycles. The predicted molar refractivity (Wildman–Crippen MR) is 117 cm³/mol. The summed E-state index contributed by atoms with van der Waals surface area (Å²) in [6, 6.07) is 9.05. The number of fused-ring (bicyclic) bond motifs is 1. The first-order valence-corrected chi connectivity index (χ1v) is 11.5. The summed E-state index contributed by atoms with van der Waals surface area (Å²) in [4.78, 5) is 24.8. The van der Waals surface area contributed by atoms with Crippen molar-refractivity contribution >= 4 is 5.91 Å². The van der Waals surface area contributed by atoms with Crippen LogP contribution in [0.25, 0.3) is 0 Å². The molecule has 30 heavy (non-hydrogen) atoms. The maximum atomic E-state index is 13.2. The van der Waals surface area contributed by atoms with Gasteiger partial charge in [-0.05, 0) is 69.1 Å². The van der Waals surface area contributed by atoms with Crippen LogP contribution in [0.2, 0.25) is 0 Å². The number of pyridine rings is 1. The second kappa shape index (κ2) is 8.90. The van der Waals surface area contributed by atoms with Crippen molar-refractivity contribution in [3.05, 3.63) is 54.1 Å². The summed E-state index contributed by atoms with van der Waals surface area (Å²) in [6.07, 6.45) is 10.6. The molecule has 2 saturated heterocycles. The fourth-order valence-electron chi connectivity index (χ4n) is 5.49. The highest BCUT2D eigenvalue weighted by atomic mass is 16.2. The van der Waals surface area contributed by atoms with E-state index in [-0.39, 0.29) is 5.92 Å². The molecule has 3 aliphatic heterocycles. The maximum absolute atomic E-state index is 13.2. The van der Waals surface area contributed by atoms with Crippen LogP contribution in [0, 0.1) is 5.92 Å². The van der Waals surface area contributed by atoms with Gasteiger partial charge in [-0.2, -0.15) is 0 Å². The van der Waals surface area contributed by atoms with Gasteiger partial charge in [-0.25, -0.2) is 0 Å². The van der Waals surface area contributed by atoms with Crippen molar-refractivity contribution in [1.29, 1.82) is 0 Å². The van der Waals surface area contributed by atoms with E-state index in [0.717, 1.165) is 65.2 Å². The molecule has 2 aromatic heterocycles. The van der Waals surface area contributed by atoms with E-state index in [1.807, 2.05) is 18.5 Å². The smallest absolute Gasteiger partial charge is 0.227 e. The number of hydrogen-bond donors (Lipinski definition) is 0. The molecule has 0 bridgehead atoms. The van der Waals surface area contributed by atoms with Gasteiger partial charge in [0.05, 0.1) is 12.5 Å². The Kier molecular flexibility index (Phi) is 5.86. The summed E-state index contributed by atoms with van der Waals surface area (Å²) in [5, 5.41) is 0. The first-order chi connectivity index (χ1) is 14.8. The highest BCUT2D eigenvalue weighted by molar-refractivity contribution is 5.79. The van der Waals surface area contributed by atoms with Gasteiger partial charge in [0.15, 0.2) is 0 Å². The van der Waals surface area contributed by atoms with Gasteiger partial charge in [0, 0.05) is 56.5 Å². The topological polar surface area (TPSA) is 44.6 Å². The van der Waals surface area contributed by atoms with E-state index in [1.54, 1.807) is 0 Å². The molecular weight excluding hydrogens is 374 g/mol. The van der Waals surface area contributed by atoms with Crippen molar-refractivity contribution in [1.82, 2.24) is 24.3 Å². The third-order valence-corrected chi connectivity index (χ3v) is 7.20. The fraction of sp³-hybridized carbons (Fsp3) is 0.583. The van der Waals surface area contributed by atoms with Crippen molar-refractivity contribution < 1.29 is 4.79 Å². The van der Waals surface area contributed by atoms with Crippen molar-refractivity contribution in [2.75, 3.05) is 32.7 Å². The first kappa shape index (κ1) is 19.8. The number of carbonyl (C=O) groups excluding carboxylic acids is 1. The van der Waals surface area contributed by atoms with Gasteiger partial charge in [0.2, 0.25) is 5.91 Å². The van der Waals surface area contributed by atoms with Gasteiger partial charge in [-0.15, -0.1) is 0 Å². The Bertz CT molecular complexity index is 842. The van der Waals surface area contributed by atoms with Gasteiger partial charge < -0.3 is 9.47 Å². The summed E-state index contributed by atoms with van der Waals surface area (Å²) in [7, 11) is 0. The third-order valence-electron chi connectivity index (χ3n) is 7.20. The van der Waals surface area contributed by atoms with E-state index >= 15 is 0 Å². The molecule has 5 heterocycles. The Labute approximate surface area is 179 Å². The molecule has 3 aliphatic rings. The zero-order valence-corrected chi connectivity index (χ0v) is 17.8. The van der Waals surface area contributed by atoms with Crippen LogP contribution >= 0.6 is 0 Å². The summed E-state index contributed by atoms with van der Waals surface area (Å²) in [5.41, 5.74) is 2.57. The largest absolute Gasteiger partial charge is 0.348 e. The molecule has 0 spiro atoms. The summed E-state index contributed by atoms with van der Waals surface area (Å²) in [6.45, 7) is 7.93. The lowest BCUT2D eigenvalue weighted by molar-refractivity contribution is -0.139. The minimum absolute atomic E-state index is 0.175. The van der Waals surface area contributed by atoms with Crippen LogP contribution < -0.4 is 0 Å². The SMILES string of the molecule is O=C([C@H]1CCCN(C2CCN(Cc3cccnc3)CC2)C1)N1CCn2cccc2C1. The maximum Gasteiger partial charge on any atom is 0.227 e. The van der Waals surface area contributed by atoms with Crippen LogP contribution in [0.3, 0.4) is 0 Å². The Morgan fingerprint density at radius 1 is 1.03 bits per heavy atom. The number of aromatic nitrogens is 2. The van der Waals surface area contributed by atoms with E-state index in [9.17, 15) is 4.79 Å². The summed E-state index contributed by atoms with van der Waals surface area (Å²) in [5.74, 6) is 0.551. The number of nitrogens with zero attached hydrogens (tertiary/aromatic N) is 5. The minimum atomic E-state index is 0.175. The van der Waals surface area contributed by atoms with E-state index in [1.165, 1.54) is 24.1 Å². The van der Waals surface area contributed by atoms with Gasteiger partial charge >= 0.3 is 0 Å². The Balaban J connectivity index is 1.13. The van der Waals surface area contributed by atoms with Gasteiger partial charge in [0.25, 0.3) is 0 Å². The zero-order valence-electron chi connectivity index (χ0n) is 17.8. The second-order valence-corrected chi connectivity index (χ2v) is 9.16. The minimum Gasteiger partial charge on any atom is -0.348 e. The molecule has 0 N–H and O–H groups in total. The lowest BCUT2D eigenvalue weighted by Crippen LogP contribution is -2.51. The van der Waals surface area contributed by atoms with Crippen molar-refractivity contribution in [3.63, 3.8) is 0 Å². The number of hydrogen-bond acceptors (Lipinski definition) is 4. The molecule has 160 valence electrons. The Hall–Kier alpha value is -2.18. The van der Waals surface area contributed by atoms with Crippen LogP contribution in [0.1, 0.15) is 36.9 Å². The van der Waals surface area contributed by atoms with Crippen LogP contribution in [0.15, 0.2) is 42.9 Å². The number of rotatable bonds is 4. The van der Waals surface area contributed by atoms with Crippen molar-refractivity contribution in [3.8, 4) is 0 Å². The van der Waals surface area contributed by atoms with Gasteiger partial charge in [-0.1, -0.05) is 6.07 Å². The van der Waals surface area contributed by atoms with E-state index in [2.05, 4.69) is 48.6 Å². The van der Waals surface area contributed by atoms with Gasteiger partial charge in [0.1, 0.15) is 0 Å². The normalized spacial score (nSPS) is 24.0. The average Bonchev–Trinajstić information content (AvgIpc) is 3.28. The third kappa shape index (κ3) is 4.30. The zero-order chi connectivity index (χ0) is 20.3. The number of piperidine rings is 2. The lowest BCUT2D eigenvalue weighted by atomic mass is 9.92. The molecule has 2 aromatic rings. The number of likely N-dealkylation sites (tertiary alicyclic amines) is 2. The Morgan fingerprint density at radius 3 is 2.77 bits per heavy atom. The molecule has 0 unspecified atom stereocenters. The van der Waals surface area contributed by atoms with Crippen molar-refractivity contribution in [2.24, 2.45) is 5.92 Å². The van der Waals surface area contributed by atoms with Gasteiger partial charge in [-0.3, -0.25) is 19.6 Å². The lowest BCUT2D eigenvalue weighted by Gasteiger charge is -2.43. The van der Waals surface area contributed by atoms with Crippen LogP contribution in [0.4, 0.5) is 0 Å². The molecule has 0 aromatic carbocycles. The molecule has 5 rings (SSSR count). The molecule has 6 heteroatoms. The quantitative estimate of drug-likeness (QED) is 0.782. The molecule has 2 fully saturated rings. The molecule has 6 nitrogen and oxygen atoms in total. The summed E-state index contributed by atoms with van der Waals surface area (Å²) < 4.78 is 2.27. The monoisotopic (exact) mass is 407 g/mol. The van der Waals surface area contributed by atoms with Crippen LogP contribution in [-0.4, -0.2) is 68.9 Å². The van der Waals surface area contributed by atoms with E-state index < -0.39 is 0 Å². The fourth-order valence-corrected chi connectivity index (χ4v) is 5.49. The predicted octanol–water partition coefficient (Wildman–Crippen LogP) is 2.60. The highest BCUT2D eigenvalue weighted by Gasteiger charge is 2.34. The Morgan fingerprint density at radius 2 is 1.93 bits per heavy atom. The molecule has 1 atom stereocenters. The molecule has 0 saturated carbocycles. The van der Waals surface area contributed by atoms with E-state index in [4.69, 9.17) is 0 Å². The standard InChI is InChI=1S/C24H33N5O/c30-24(29-15-14-27-10-3-6-23(27)19-29)21-5-2-11-28(18-21)22-7-12-26(13-8-22)17-20-4-1-9-25-16-20/h1,3-4,6,9-10,16,21-22H,2,5,7-8,11-15,17-19H2/t21-/m0/s1. The van der Waals surface area contributed by atoms with Crippen LogP contribution in [-0.2, 0) is 24.4 Å². The molecular formula is C24H33N5O. The molecule has 0 radical (unpaired) electrons. The first-order valence-electron chi connectivity index (χ1n) is 11.5. The average molecular weight is 408 g/mol. The number of amides is 1. The molecule has 1 amide bonds. The van der Waals surface area contributed by atoms with Crippen molar-refractivity contribution in [2.45, 2.75) is 51.4 Å². The highest BCUT2D eigenvalue weighted by Crippen LogP contribution is 2.27. The second-order valence-electron chi connectivity index (χ2n) is 9.16. The van der Waals surface area contributed by atoms with E-state index in [0.29, 0.717) is 11.9 Å².